The highest BCUT2D eigenvalue weighted by Crippen LogP contribution is 2.36. The molecule has 208 valence electrons. The Balaban J connectivity index is 1.85. The van der Waals surface area contributed by atoms with Gasteiger partial charge in [0.05, 0.1) is 11.5 Å². The van der Waals surface area contributed by atoms with Gasteiger partial charge in [-0.05, 0) is 12.1 Å². The molecule has 17 nitrogen and oxygen atoms in total. The standard InChI is InChI=1S/C18H23NO16S2/c20-9-8(5-32-37(29,30)31)33-18(36-7-3-1-6(2-4-7)19(27)28)13(24)14(9)34-17-12(23)10(21)11(22)15(35-17)16(25)26/h1-4,8-15,17-18,20-24H,5H2,(H,25,26)(H,29,30,31)/t8-,9+,10+,11+,12-,13-,14+,15+,17-,18+/m1/s1. The lowest BCUT2D eigenvalue weighted by Crippen LogP contribution is -2.64. The zero-order valence-electron chi connectivity index (χ0n) is 18.4. The number of nitrogens with zero attached hydrogens (tertiary/aromatic N) is 1. The van der Waals surface area contributed by atoms with Crippen molar-refractivity contribution in [3.8, 4) is 0 Å². The number of benzene rings is 1. The molecule has 0 bridgehead atoms. The average molecular weight is 574 g/mol. The Bertz CT molecular complexity index is 1070. The van der Waals surface area contributed by atoms with Crippen molar-refractivity contribution in [2.75, 3.05) is 6.61 Å². The minimum Gasteiger partial charge on any atom is -0.479 e. The molecule has 2 heterocycles. The fraction of sp³-hybridized carbons (Fsp3) is 0.611. The van der Waals surface area contributed by atoms with E-state index in [4.69, 9.17) is 18.8 Å². The smallest absolute Gasteiger partial charge is 0.397 e. The lowest BCUT2D eigenvalue weighted by atomic mass is 9.97. The third kappa shape index (κ3) is 7.10. The predicted octanol–water partition coefficient (Wildman–Crippen LogP) is -2.77. The van der Waals surface area contributed by atoms with Gasteiger partial charge in [-0.15, -0.1) is 0 Å². The van der Waals surface area contributed by atoms with Crippen molar-refractivity contribution in [3.63, 3.8) is 0 Å². The molecular weight excluding hydrogens is 550 g/mol. The number of non-ortho nitro benzene ring substituents is 1. The SMILES string of the molecule is O=C(O)[C@H]1O[C@@H](O[C@H]2[C@@H](O)[C@@H](COS(=O)(=O)O)O[C@@H](Sc3ccc([N+](=O)[O-])cc3)[C@@H]2O)[C@H](O)[C@@H](O)[C@@H]1O. The third-order valence-corrected chi connectivity index (χ3v) is 7.03. The third-order valence-electron chi connectivity index (χ3n) is 5.43. The summed E-state index contributed by atoms with van der Waals surface area (Å²) < 4.78 is 51.0. The first-order valence-corrected chi connectivity index (χ1v) is 12.6. The molecule has 2 saturated heterocycles. The molecule has 37 heavy (non-hydrogen) atoms. The minimum atomic E-state index is -4.99. The van der Waals surface area contributed by atoms with Gasteiger partial charge in [0.15, 0.2) is 12.4 Å². The summed E-state index contributed by atoms with van der Waals surface area (Å²) >= 11 is 0.765. The van der Waals surface area contributed by atoms with Crippen LogP contribution in [0.3, 0.4) is 0 Å². The largest absolute Gasteiger partial charge is 0.479 e. The topological polar surface area (TPSA) is 273 Å². The van der Waals surface area contributed by atoms with Gasteiger partial charge in [0.25, 0.3) is 5.69 Å². The molecule has 0 unspecified atom stereocenters. The number of carboxylic acids is 1. The Morgan fingerprint density at radius 3 is 2.16 bits per heavy atom. The number of hydrogen-bond donors (Lipinski definition) is 7. The molecule has 0 saturated carbocycles. The van der Waals surface area contributed by atoms with Crippen LogP contribution in [0.15, 0.2) is 29.2 Å². The van der Waals surface area contributed by atoms with Crippen LogP contribution in [-0.2, 0) is 33.6 Å². The van der Waals surface area contributed by atoms with Crippen molar-refractivity contribution >= 4 is 33.8 Å². The van der Waals surface area contributed by atoms with Gasteiger partial charge in [-0.3, -0.25) is 14.7 Å². The Morgan fingerprint density at radius 1 is 1.00 bits per heavy atom. The van der Waals surface area contributed by atoms with Crippen LogP contribution < -0.4 is 0 Å². The second kappa shape index (κ2) is 11.8. The zero-order valence-corrected chi connectivity index (χ0v) is 20.0. The summed E-state index contributed by atoms with van der Waals surface area (Å²) in [4.78, 5) is 21.9. The molecule has 3 rings (SSSR count). The van der Waals surface area contributed by atoms with Crippen LogP contribution in [0.2, 0.25) is 0 Å². The summed E-state index contributed by atoms with van der Waals surface area (Å²) in [5.74, 6) is -1.72. The zero-order chi connectivity index (χ0) is 27.7. The van der Waals surface area contributed by atoms with Crippen molar-refractivity contribution in [2.24, 2.45) is 0 Å². The number of hydrogen-bond acceptors (Lipinski definition) is 15. The van der Waals surface area contributed by atoms with Crippen LogP contribution in [0.1, 0.15) is 0 Å². The molecule has 2 aliphatic rings. The van der Waals surface area contributed by atoms with Crippen LogP contribution in [0.25, 0.3) is 0 Å². The van der Waals surface area contributed by atoms with Crippen LogP contribution in [0.4, 0.5) is 5.69 Å². The van der Waals surface area contributed by atoms with E-state index >= 15 is 0 Å². The van der Waals surface area contributed by atoms with E-state index in [1.807, 2.05) is 0 Å². The Morgan fingerprint density at radius 2 is 1.62 bits per heavy atom. The summed E-state index contributed by atoms with van der Waals surface area (Å²) in [6, 6.07) is 4.94. The van der Waals surface area contributed by atoms with E-state index in [1.165, 1.54) is 12.1 Å². The van der Waals surface area contributed by atoms with Crippen molar-refractivity contribution < 1.29 is 71.7 Å². The van der Waals surface area contributed by atoms with Crippen LogP contribution >= 0.6 is 11.8 Å². The predicted molar refractivity (Wildman–Crippen MR) is 116 cm³/mol. The molecule has 2 fully saturated rings. The monoisotopic (exact) mass is 573 g/mol. The molecule has 0 amide bonds. The summed E-state index contributed by atoms with van der Waals surface area (Å²) in [6.45, 7) is -0.975. The Labute approximate surface area is 212 Å². The lowest BCUT2D eigenvalue weighted by molar-refractivity contribution is -0.384. The lowest BCUT2D eigenvalue weighted by Gasteiger charge is -2.45. The van der Waals surface area contributed by atoms with Gasteiger partial charge < -0.3 is 44.8 Å². The maximum Gasteiger partial charge on any atom is 0.397 e. The highest BCUT2D eigenvalue weighted by atomic mass is 32.3. The van der Waals surface area contributed by atoms with E-state index in [0.29, 0.717) is 4.90 Å². The molecule has 1 aromatic rings. The number of rotatable bonds is 9. The number of nitro groups is 1. The number of thioether (sulfide) groups is 1. The second-order valence-electron chi connectivity index (χ2n) is 7.94. The summed E-state index contributed by atoms with van der Waals surface area (Å²) in [6.07, 6.45) is -17.3. The van der Waals surface area contributed by atoms with Gasteiger partial charge in [-0.25, -0.2) is 8.98 Å². The second-order valence-corrected chi connectivity index (χ2v) is 10.2. The number of nitro benzene ring substituents is 1. The quantitative estimate of drug-likeness (QED) is 0.0894. The van der Waals surface area contributed by atoms with E-state index in [0.717, 1.165) is 23.9 Å². The number of carboxylic acid groups (broad SMARTS) is 1. The molecular formula is C18H23NO16S2. The first kappa shape index (κ1) is 29.5. The molecule has 0 spiro atoms. The normalized spacial score (nSPS) is 36.7. The molecule has 10 atom stereocenters. The molecule has 7 N–H and O–H groups in total. The first-order chi connectivity index (χ1) is 17.2. The number of ether oxygens (including phenoxy) is 3. The molecule has 0 aliphatic carbocycles. The van der Waals surface area contributed by atoms with Crippen LogP contribution in [0, 0.1) is 10.1 Å². The van der Waals surface area contributed by atoms with Crippen molar-refractivity contribution in [2.45, 2.75) is 65.5 Å². The maximum atomic E-state index is 11.3. The van der Waals surface area contributed by atoms with Gasteiger partial charge in [0.1, 0.15) is 48.2 Å². The number of aliphatic hydroxyl groups is 5. The highest BCUT2D eigenvalue weighted by molar-refractivity contribution is 7.99. The van der Waals surface area contributed by atoms with Gasteiger partial charge in [-0.2, -0.15) is 8.42 Å². The summed E-state index contributed by atoms with van der Waals surface area (Å²) in [5, 5.41) is 71.6. The highest BCUT2D eigenvalue weighted by Gasteiger charge is 2.52. The van der Waals surface area contributed by atoms with Crippen LogP contribution in [0.5, 0.6) is 0 Å². The van der Waals surface area contributed by atoms with Gasteiger partial charge >= 0.3 is 16.4 Å². The number of aliphatic hydroxyl groups excluding tert-OH is 5. The Hall–Kier alpha value is -2.01. The van der Waals surface area contributed by atoms with Gasteiger partial charge in [0, 0.05) is 17.0 Å². The first-order valence-electron chi connectivity index (χ1n) is 10.3. The van der Waals surface area contributed by atoms with E-state index in [-0.39, 0.29) is 5.69 Å². The molecule has 19 heteroatoms. The van der Waals surface area contributed by atoms with Crippen molar-refractivity contribution in [1.82, 2.24) is 0 Å². The molecule has 2 aliphatic heterocycles. The summed E-state index contributed by atoms with van der Waals surface area (Å²) in [5.41, 5.74) is -1.61. The fourth-order valence-corrected chi connectivity index (χ4v) is 4.91. The van der Waals surface area contributed by atoms with Gasteiger partial charge in [0.2, 0.25) is 0 Å². The maximum absolute atomic E-state index is 11.3. The van der Waals surface area contributed by atoms with E-state index < -0.39 is 88.5 Å². The van der Waals surface area contributed by atoms with Crippen LogP contribution in [-0.4, -0.2) is 122 Å². The Kier molecular flexibility index (Phi) is 9.42. The van der Waals surface area contributed by atoms with Crippen molar-refractivity contribution in [1.29, 1.82) is 0 Å². The van der Waals surface area contributed by atoms with E-state index in [2.05, 4.69) is 4.18 Å². The molecule has 0 aromatic heterocycles. The van der Waals surface area contributed by atoms with E-state index in [9.17, 15) is 54.0 Å². The molecule has 0 radical (unpaired) electrons. The average Bonchev–Trinajstić information content (AvgIpc) is 2.82. The number of aliphatic carboxylic acids is 1. The summed E-state index contributed by atoms with van der Waals surface area (Å²) in [7, 11) is -4.99. The molecule has 1 aromatic carbocycles. The minimum absolute atomic E-state index is 0.234. The van der Waals surface area contributed by atoms with E-state index in [1.54, 1.807) is 0 Å². The number of carbonyl (C=O) groups is 1. The van der Waals surface area contributed by atoms with Crippen molar-refractivity contribution in [3.05, 3.63) is 34.4 Å². The van der Waals surface area contributed by atoms with Gasteiger partial charge in [-0.1, -0.05) is 11.8 Å². The fourth-order valence-electron chi connectivity index (χ4n) is 3.55.